The number of nitrogens with zero attached hydrogens (tertiary/aromatic N) is 1. The lowest BCUT2D eigenvalue weighted by molar-refractivity contribution is -0.148. The normalized spacial score (nSPS) is 16.5. The third kappa shape index (κ3) is 8.89. The van der Waals surface area contributed by atoms with Gasteiger partial charge >= 0.3 is 5.97 Å². The second-order valence-electron chi connectivity index (χ2n) is 6.75. The highest BCUT2D eigenvalue weighted by molar-refractivity contribution is 8.00. The number of hydrogen-bond donors (Lipinski definition) is 3. The molecule has 0 aliphatic rings. The van der Waals surface area contributed by atoms with Gasteiger partial charge in [0.2, 0.25) is 5.91 Å². The third-order valence-corrected chi connectivity index (χ3v) is 5.38. The molecule has 3 N–H and O–H groups in total. The number of aliphatic carboxylic acids is 1. The Balaban J connectivity index is 4.79. The summed E-state index contributed by atoms with van der Waals surface area (Å²) in [6.07, 6.45) is 1.05. The highest BCUT2D eigenvalue weighted by atomic mass is 32.2. The third-order valence-electron chi connectivity index (χ3n) is 3.86. The predicted octanol–water partition coefficient (Wildman–Crippen LogP) is 1.98. The summed E-state index contributed by atoms with van der Waals surface area (Å²) >= 11 is 1.30. The Hall–Kier alpha value is -0.790. The molecule has 6 nitrogen and oxygen atoms in total. The van der Waals surface area contributed by atoms with E-state index in [0.29, 0.717) is 19.3 Å². The Labute approximate surface area is 149 Å². The number of carboxylic acid groups (broad SMARTS) is 1. The fraction of sp³-hybridized carbons (Fsp3) is 0.882. The van der Waals surface area contributed by atoms with Crippen molar-refractivity contribution < 1.29 is 24.9 Å². The molecule has 7 heteroatoms. The molecule has 0 radical (unpaired) electrons. The van der Waals surface area contributed by atoms with E-state index in [4.69, 9.17) is 0 Å². The summed E-state index contributed by atoms with van der Waals surface area (Å²) in [7, 11) is 1.51. The number of carboxylic acids is 1. The average Bonchev–Trinajstić information content (AvgIpc) is 2.44. The van der Waals surface area contributed by atoms with Crippen LogP contribution in [-0.4, -0.2) is 68.4 Å². The van der Waals surface area contributed by atoms with E-state index in [1.807, 2.05) is 20.8 Å². The first-order valence-electron chi connectivity index (χ1n) is 8.56. The lowest BCUT2D eigenvalue weighted by atomic mass is 10.1. The van der Waals surface area contributed by atoms with E-state index >= 15 is 0 Å². The van der Waals surface area contributed by atoms with Gasteiger partial charge in [0, 0.05) is 24.5 Å². The maximum Gasteiger partial charge on any atom is 0.327 e. The molecule has 0 rings (SSSR count). The lowest BCUT2D eigenvalue weighted by Gasteiger charge is -2.28. The van der Waals surface area contributed by atoms with Crippen molar-refractivity contribution in [2.75, 3.05) is 12.8 Å². The number of carbonyl (C=O) groups excluding carboxylic acids is 1. The standard InChI is InChI=1S/C17H33NO5S/c1-6-7-13(20)9-15(12(4)19)24-10-14(17(22)23)18(5)16(21)8-11(2)3/h11-15,19-20H,6-10H2,1-5H3,(H,22,23)/t12-,13+,14-,15+/m0/s1. The highest BCUT2D eigenvalue weighted by Gasteiger charge is 2.29. The number of thioether (sulfide) groups is 1. The fourth-order valence-electron chi connectivity index (χ4n) is 2.35. The van der Waals surface area contributed by atoms with Crippen LogP contribution in [0.5, 0.6) is 0 Å². The van der Waals surface area contributed by atoms with Crippen LogP contribution in [0.4, 0.5) is 0 Å². The molecule has 4 atom stereocenters. The molecule has 1 amide bonds. The number of hydrogen-bond acceptors (Lipinski definition) is 5. The van der Waals surface area contributed by atoms with Crippen LogP contribution in [0, 0.1) is 5.92 Å². The zero-order chi connectivity index (χ0) is 18.9. The predicted molar refractivity (Wildman–Crippen MR) is 97.1 cm³/mol. The Morgan fingerprint density at radius 3 is 2.17 bits per heavy atom. The van der Waals surface area contributed by atoms with Gasteiger partial charge in [0.1, 0.15) is 6.04 Å². The van der Waals surface area contributed by atoms with Crippen LogP contribution in [-0.2, 0) is 9.59 Å². The SMILES string of the molecule is CCC[C@@H](O)C[C@@H](SC[C@@H](C(=O)O)N(C)C(=O)CC(C)C)[C@H](C)O. The molecule has 0 fully saturated rings. The first-order valence-corrected chi connectivity index (χ1v) is 9.61. The second kappa shape index (κ2) is 11.7. The average molecular weight is 364 g/mol. The highest BCUT2D eigenvalue weighted by Crippen LogP contribution is 2.24. The van der Waals surface area contributed by atoms with E-state index in [-0.39, 0.29) is 22.8 Å². The van der Waals surface area contributed by atoms with Crippen molar-refractivity contribution in [2.45, 2.75) is 76.9 Å². The van der Waals surface area contributed by atoms with Gasteiger partial charge in [0.25, 0.3) is 0 Å². The van der Waals surface area contributed by atoms with E-state index in [1.165, 1.54) is 23.7 Å². The Morgan fingerprint density at radius 2 is 1.75 bits per heavy atom. The number of carbonyl (C=O) groups is 2. The molecule has 142 valence electrons. The molecule has 0 aromatic rings. The van der Waals surface area contributed by atoms with Crippen LogP contribution >= 0.6 is 11.8 Å². The minimum atomic E-state index is -1.06. The van der Waals surface area contributed by atoms with Gasteiger partial charge in [-0.15, -0.1) is 0 Å². The number of likely N-dealkylation sites (N-methyl/N-ethyl adjacent to an activating group) is 1. The molecule has 0 aromatic carbocycles. The van der Waals surface area contributed by atoms with Crippen molar-refractivity contribution in [1.29, 1.82) is 0 Å². The van der Waals surface area contributed by atoms with E-state index in [1.54, 1.807) is 6.92 Å². The van der Waals surface area contributed by atoms with Crippen LogP contribution in [0.3, 0.4) is 0 Å². The minimum absolute atomic E-state index is 0.163. The molecule has 0 aliphatic heterocycles. The molecule has 0 heterocycles. The number of rotatable bonds is 12. The first kappa shape index (κ1) is 23.2. The van der Waals surface area contributed by atoms with Gasteiger partial charge in [0.05, 0.1) is 12.2 Å². The monoisotopic (exact) mass is 363 g/mol. The largest absolute Gasteiger partial charge is 0.480 e. The molecule has 0 aromatic heterocycles. The van der Waals surface area contributed by atoms with Gasteiger partial charge in [-0.3, -0.25) is 4.79 Å². The van der Waals surface area contributed by atoms with Gasteiger partial charge in [0.15, 0.2) is 0 Å². The minimum Gasteiger partial charge on any atom is -0.480 e. The molecule has 0 saturated carbocycles. The number of amides is 1. The van der Waals surface area contributed by atoms with Crippen LogP contribution in [0.25, 0.3) is 0 Å². The zero-order valence-electron chi connectivity index (χ0n) is 15.4. The summed E-state index contributed by atoms with van der Waals surface area (Å²) in [5.41, 5.74) is 0. The van der Waals surface area contributed by atoms with Gasteiger partial charge in [-0.2, -0.15) is 11.8 Å². The van der Waals surface area contributed by atoms with Crippen molar-refractivity contribution in [3.8, 4) is 0 Å². The summed E-state index contributed by atoms with van der Waals surface area (Å²) in [5.74, 6) is -0.904. The summed E-state index contributed by atoms with van der Waals surface area (Å²) in [6, 6.07) is -0.939. The zero-order valence-corrected chi connectivity index (χ0v) is 16.3. The molecular weight excluding hydrogens is 330 g/mol. The second-order valence-corrected chi connectivity index (χ2v) is 8.02. The van der Waals surface area contributed by atoms with Crippen LogP contribution < -0.4 is 0 Å². The Morgan fingerprint density at radius 1 is 1.17 bits per heavy atom. The van der Waals surface area contributed by atoms with E-state index in [9.17, 15) is 24.9 Å². The summed E-state index contributed by atoms with van der Waals surface area (Å²) in [5, 5.41) is 29.0. The molecule has 0 saturated heterocycles. The molecule has 0 bridgehead atoms. The number of aliphatic hydroxyl groups excluding tert-OH is 2. The fourth-order valence-corrected chi connectivity index (χ4v) is 3.79. The van der Waals surface area contributed by atoms with Gasteiger partial charge in [-0.05, 0) is 25.7 Å². The van der Waals surface area contributed by atoms with Crippen LogP contribution in [0.15, 0.2) is 0 Å². The van der Waals surface area contributed by atoms with Gasteiger partial charge < -0.3 is 20.2 Å². The van der Waals surface area contributed by atoms with Crippen molar-refractivity contribution in [1.82, 2.24) is 4.90 Å². The summed E-state index contributed by atoms with van der Waals surface area (Å²) in [4.78, 5) is 24.9. The quantitative estimate of drug-likeness (QED) is 0.490. The van der Waals surface area contributed by atoms with Crippen molar-refractivity contribution >= 4 is 23.6 Å². The lowest BCUT2D eigenvalue weighted by Crippen LogP contribution is -2.45. The number of aliphatic hydroxyl groups is 2. The van der Waals surface area contributed by atoms with Crippen molar-refractivity contribution in [3.63, 3.8) is 0 Å². The van der Waals surface area contributed by atoms with E-state index < -0.39 is 24.2 Å². The van der Waals surface area contributed by atoms with Crippen LogP contribution in [0.2, 0.25) is 0 Å². The molecule has 0 aliphatic carbocycles. The molecular formula is C17H33NO5S. The summed E-state index contributed by atoms with van der Waals surface area (Å²) in [6.45, 7) is 7.44. The van der Waals surface area contributed by atoms with E-state index in [2.05, 4.69) is 0 Å². The maximum atomic E-state index is 12.1. The molecule has 0 unspecified atom stereocenters. The van der Waals surface area contributed by atoms with Crippen molar-refractivity contribution in [3.05, 3.63) is 0 Å². The van der Waals surface area contributed by atoms with Crippen LogP contribution in [0.1, 0.15) is 53.4 Å². The van der Waals surface area contributed by atoms with E-state index in [0.717, 1.165) is 6.42 Å². The smallest absolute Gasteiger partial charge is 0.327 e. The molecule has 24 heavy (non-hydrogen) atoms. The Kier molecular flexibility index (Phi) is 11.3. The maximum absolute atomic E-state index is 12.1. The summed E-state index contributed by atoms with van der Waals surface area (Å²) < 4.78 is 0. The first-order chi connectivity index (χ1) is 11.1. The molecule has 0 spiro atoms. The van der Waals surface area contributed by atoms with Crippen molar-refractivity contribution in [2.24, 2.45) is 5.92 Å². The topological polar surface area (TPSA) is 98.1 Å². The Bertz CT molecular complexity index is 389. The van der Waals surface area contributed by atoms with Gasteiger partial charge in [-0.1, -0.05) is 27.2 Å². The van der Waals surface area contributed by atoms with Gasteiger partial charge in [-0.25, -0.2) is 4.79 Å².